The molecule has 0 unspecified atom stereocenters. The summed E-state index contributed by atoms with van der Waals surface area (Å²) in [6, 6.07) is 4.68. The molecule has 24 heavy (non-hydrogen) atoms. The van der Waals surface area contributed by atoms with Gasteiger partial charge in [-0.15, -0.1) is 0 Å². The number of carbonyl (C=O) groups excluding carboxylic acids is 1. The maximum absolute atomic E-state index is 12.5. The number of rotatable bonds is 4. The number of carboxylic acid groups (broad SMARTS) is 1. The molecule has 2 rings (SSSR count). The quantitative estimate of drug-likeness (QED) is 0.908. The normalized spacial score (nSPS) is 19.8. The molecule has 5 nitrogen and oxygen atoms in total. The Morgan fingerprint density at radius 1 is 1.33 bits per heavy atom. The summed E-state index contributed by atoms with van der Waals surface area (Å²) in [5.74, 6) is -1.82. The lowest BCUT2D eigenvalue weighted by Gasteiger charge is -2.32. The Morgan fingerprint density at radius 2 is 1.96 bits per heavy atom. The Bertz CT molecular complexity index is 600. The van der Waals surface area contributed by atoms with Crippen LogP contribution in [0.1, 0.15) is 18.1 Å². The van der Waals surface area contributed by atoms with Gasteiger partial charge in [-0.1, -0.05) is 19.1 Å². The van der Waals surface area contributed by atoms with Crippen molar-refractivity contribution < 1.29 is 32.6 Å². The van der Waals surface area contributed by atoms with Crippen LogP contribution < -0.4 is 0 Å². The van der Waals surface area contributed by atoms with Gasteiger partial charge in [-0.3, -0.25) is 4.79 Å². The van der Waals surface area contributed by atoms with Gasteiger partial charge in [-0.2, -0.15) is 13.2 Å². The summed E-state index contributed by atoms with van der Waals surface area (Å²) in [5, 5.41) is 8.95. The Hall–Kier alpha value is -2.09. The zero-order valence-corrected chi connectivity index (χ0v) is 13.0. The Kier molecular flexibility index (Phi) is 5.48. The summed E-state index contributed by atoms with van der Waals surface area (Å²) in [6.07, 6.45) is -5.15. The van der Waals surface area contributed by atoms with Gasteiger partial charge in [0.25, 0.3) is 0 Å². The van der Waals surface area contributed by atoms with Crippen LogP contribution >= 0.6 is 0 Å². The van der Waals surface area contributed by atoms with E-state index in [9.17, 15) is 22.8 Å². The van der Waals surface area contributed by atoms with E-state index < -0.39 is 29.7 Å². The van der Waals surface area contributed by atoms with Gasteiger partial charge in [-0.25, -0.2) is 4.79 Å². The van der Waals surface area contributed by atoms with E-state index in [0.29, 0.717) is 12.1 Å². The van der Waals surface area contributed by atoms with Gasteiger partial charge in [0.15, 0.2) is 6.10 Å². The first-order valence-corrected chi connectivity index (χ1v) is 7.48. The minimum absolute atomic E-state index is 0.0223. The smallest absolute Gasteiger partial charge is 0.416 e. The Balaban J connectivity index is 1.97. The zero-order chi connectivity index (χ0) is 17.9. The van der Waals surface area contributed by atoms with Gasteiger partial charge in [0.2, 0.25) is 5.91 Å². The molecule has 1 aliphatic heterocycles. The van der Waals surface area contributed by atoms with Gasteiger partial charge in [0.1, 0.15) is 0 Å². The third kappa shape index (κ3) is 4.47. The highest BCUT2D eigenvalue weighted by atomic mass is 19.4. The summed E-state index contributed by atoms with van der Waals surface area (Å²) in [7, 11) is 0. The number of hydrogen-bond donors (Lipinski definition) is 1. The van der Waals surface area contributed by atoms with E-state index in [0.717, 1.165) is 12.1 Å². The summed E-state index contributed by atoms with van der Waals surface area (Å²) >= 11 is 0. The molecule has 1 amide bonds. The second-order valence-corrected chi connectivity index (χ2v) is 5.78. The van der Waals surface area contributed by atoms with Crippen LogP contribution in [0.25, 0.3) is 0 Å². The van der Waals surface area contributed by atoms with Crippen LogP contribution in [0.15, 0.2) is 24.3 Å². The highest BCUT2D eigenvalue weighted by molar-refractivity contribution is 5.80. The second-order valence-electron chi connectivity index (χ2n) is 5.78. The molecule has 8 heteroatoms. The lowest BCUT2D eigenvalue weighted by Crippen LogP contribution is -2.50. The highest BCUT2D eigenvalue weighted by Gasteiger charge is 2.32. The molecule has 0 bridgehead atoms. The second kappa shape index (κ2) is 7.21. The van der Waals surface area contributed by atoms with Crippen LogP contribution in [-0.2, 0) is 26.9 Å². The monoisotopic (exact) mass is 345 g/mol. The van der Waals surface area contributed by atoms with Crippen LogP contribution in [0.2, 0.25) is 0 Å². The molecular weight excluding hydrogens is 327 g/mol. The molecule has 1 aromatic carbocycles. The highest BCUT2D eigenvalue weighted by Crippen LogP contribution is 2.29. The number of carboxylic acids is 1. The molecule has 0 aliphatic carbocycles. The molecular formula is C16H18F3NO4. The van der Waals surface area contributed by atoms with Crippen molar-refractivity contribution in [1.29, 1.82) is 0 Å². The van der Waals surface area contributed by atoms with Gasteiger partial charge >= 0.3 is 12.1 Å². The third-order valence-corrected chi connectivity index (χ3v) is 3.90. The van der Waals surface area contributed by atoms with Crippen molar-refractivity contribution >= 4 is 11.9 Å². The third-order valence-electron chi connectivity index (χ3n) is 3.90. The number of nitrogens with zero attached hydrogens (tertiary/aromatic N) is 1. The summed E-state index contributed by atoms with van der Waals surface area (Å²) in [4.78, 5) is 24.8. The number of alkyl halides is 3. The first kappa shape index (κ1) is 18.3. The van der Waals surface area contributed by atoms with E-state index in [2.05, 4.69) is 0 Å². The average Bonchev–Trinajstić information content (AvgIpc) is 2.53. The number of morpholine rings is 1. The lowest BCUT2D eigenvalue weighted by molar-refractivity contribution is -0.160. The SMILES string of the molecule is C[C@H](Cc1ccc(C(F)(F)F)cc1)C(=O)N1CCO[C@@H](C(=O)O)C1. The van der Waals surface area contributed by atoms with E-state index in [1.165, 1.54) is 17.0 Å². The molecule has 1 saturated heterocycles. The molecule has 0 aromatic heterocycles. The fraction of sp³-hybridized carbons (Fsp3) is 0.500. The zero-order valence-electron chi connectivity index (χ0n) is 13.0. The van der Waals surface area contributed by atoms with Crippen molar-refractivity contribution in [2.45, 2.75) is 25.6 Å². The fourth-order valence-electron chi connectivity index (χ4n) is 2.58. The molecule has 0 saturated carbocycles. The number of amides is 1. The molecule has 1 aliphatic rings. The minimum Gasteiger partial charge on any atom is -0.479 e. The molecule has 1 N–H and O–H groups in total. The van der Waals surface area contributed by atoms with E-state index in [1.54, 1.807) is 6.92 Å². The van der Waals surface area contributed by atoms with Gasteiger partial charge in [-0.05, 0) is 24.1 Å². The molecule has 2 atom stereocenters. The van der Waals surface area contributed by atoms with Gasteiger partial charge < -0.3 is 14.7 Å². The number of hydrogen-bond acceptors (Lipinski definition) is 3. The van der Waals surface area contributed by atoms with Crippen molar-refractivity contribution in [3.8, 4) is 0 Å². The summed E-state index contributed by atoms with van der Waals surface area (Å²) in [6.45, 7) is 2.10. The molecule has 1 heterocycles. The number of ether oxygens (including phenoxy) is 1. The number of halogens is 3. The molecule has 1 aromatic rings. The molecule has 132 valence electrons. The minimum atomic E-state index is -4.39. The topological polar surface area (TPSA) is 66.8 Å². The number of aliphatic carboxylic acids is 1. The number of benzene rings is 1. The Morgan fingerprint density at radius 3 is 2.50 bits per heavy atom. The van der Waals surface area contributed by atoms with Crippen LogP contribution in [0.4, 0.5) is 13.2 Å². The van der Waals surface area contributed by atoms with E-state index in [1.807, 2.05) is 0 Å². The van der Waals surface area contributed by atoms with Crippen molar-refractivity contribution in [2.24, 2.45) is 5.92 Å². The van der Waals surface area contributed by atoms with Crippen molar-refractivity contribution in [3.63, 3.8) is 0 Å². The average molecular weight is 345 g/mol. The van der Waals surface area contributed by atoms with Crippen molar-refractivity contribution in [2.75, 3.05) is 19.7 Å². The predicted molar refractivity (Wildman–Crippen MR) is 78.3 cm³/mol. The predicted octanol–water partition coefficient (Wildman–Crippen LogP) is 2.20. The summed E-state index contributed by atoms with van der Waals surface area (Å²) in [5.41, 5.74) is -0.116. The lowest BCUT2D eigenvalue weighted by atomic mass is 9.98. The van der Waals surface area contributed by atoms with Crippen molar-refractivity contribution in [1.82, 2.24) is 4.90 Å². The largest absolute Gasteiger partial charge is 0.479 e. The van der Waals surface area contributed by atoms with E-state index in [4.69, 9.17) is 9.84 Å². The standard InChI is InChI=1S/C16H18F3NO4/c1-10(8-11-2-4-12(5-3-11)16(17,18)19)14(21)20-6-7-24-13(9-20)15(22)23/h2-5,10,13H,6-9H2,1H3,(H,22,23)/t10-,13-/m1/s1. The number of carbonyl (C=O) groups is 2. The first-order chi connectivity index (χ1) is 11.2. The van der Waals surface area contributed by atoms with Crippen LogP contribution in [0.5, 0.6) is 0 Å². The molecule has 1 fully saturated rings. The van der Waals surface area contributed by atoms with E-state index >= 15 is 0 Å². The summed E-state index contributed by atoms with van der Waals surface area (Å²) < 4.78 is 42.7. The Labute approximate surface area is 137 Å². The van der Waals surface area contributed by atoms with Crippen molar-refractivity contribution in [3.05, 3.63) is 35.4 Å². The van der Waals surface area contributed by atoms with Crippen LogP contribution in [-0.4, -0.2) is 47.7 Å². The fourth-order valence-corrected chi connectivity index (χ4v) is 2.58. The van der Waals surface area contributed by atoms with E-state index in [-0.39, 0.29) is 25.5 Å². The maximum atomic E-state index is 12.5. The molecule has 0 radical (unpaired) electrons. The maximum Gasteiger partial charge on any atom is 0.416 e. The van der Waals surface area contributed by atoms with Gasteiger partial charge in [0, 0.05) is 12.5 Å². The molecule has 0 spiro atoms. The van der Waals surface area contributed by atoms with Gasteiger partial charge in [0.05, 0.1) is 18.7 Å². The van der Waals surface area contributed by atoms with Crippen LogP contribution in [0.3, 0.4) is 0 Å². The first-order valence-electron chi connectivity index (χ1n) is 7.48. The van der Waals surface area contributed by atoms with Crippen LogP contribution in [0, 0.1) is 5.92 Å².